The van der Waals surface area contributed by atoms with Crippen molar-refractivity contribution in [2.45, 2.75) is 12.5 Å². The predicted molar refractivity (Wildman–Crippen MR) is 109 cm³/mol. The lowest BCUT2D eigenvalue weighted by molar-refractivity contribution is 0.00185. The van der Waals surface area contributed by atoms with Crippen molar-refractivity contribution >= 4 is 11.7 Å². The number of morpholine rings is 1. The van der Waals surface area contributed by atoms with Crippen molar-refractivity contribution < 1.29 is 18.7 Å². The van der Waals surface area contributed by atoms with Gasteiger partial charge in [-0.3, -0.25) is 4.90 Å². The molecular formula is C21H31FN4O3. The Morgan fingerprint density at radius 3 is 2.52 bits per heavy atom. The molecule has 0 aromatic heterocycles. The topological polar surface area (TPSA) is 57.3 Å². The first-order chi connectivity index (χ1) is 14.2. The number of para-hydroxylation sites is 1. The normalized spacial score (nSPS) is 24.5. The molecule has 8 heteroatoms. The molecule has 4 rings (SSSR count). The molecule has 0 aliphatic carbocycles. The zero-order valence-corrected chi connectivity index (χ0v) is 16.9. The van der Waals surface area contributed by atoms with Gasteiger partial charge in [-0.25, -0.2) is 9.18 Å². The van der Waals surface area contributed by atoms with Gasteiger partial charge in [0, 0.05) is 64.4 Å². The number of carbonyl (C=O) groups excluding carboxylic acids is 1. The summed E-state index contributed by atoms with van der Waals surface area (Å²) in [6.07, 6.45) is 1.04. The van der Waals surface area contributed by atoms with Crippen molar-refractivity contribution in [1.82, 2.24) is 15.1 Å². The van der Waals surface area contributed by atoms with Crippen LogP contribution in [-0.4, -0.2) is 94.1 Å². The van der Waals surface area contributed by atoms with Gasteiger partial charge in [-0.2, -0.15) is 0 Å². The molecule has 3 fully saturated rings. The molecule has 0 spiro atoms. The van der Waals surface area contributed by atoms with E-state index in [1.807, 2.05) is 15.9 Å². The van der Waals surface area contributed by atoms with Crippen LogP contribution in [0, 0.1) is 11.7 Å². The van der Waals surface area contributed by atoms with E-state index in [1.165, 1.54) is 6.07 Å². The first-order valence-corrected chi connectivity index (χ1v) is 10.6. The SMILES string of the molecule is O=C(NC[C@H]([C@H]1CCOC1)N1CCOCC1)N1CCN(c2ccccc2F)CC1. The van der Waals surface area contributed by atoms with Gasteiger partial charge in [0.15, 0.2) is 0 Å². The second-order valence-corrected chi connectivity index (χ2v) is 7.95. The van der Waals surface area contributed by atoms with Gasteiger partial charge in [0.25, 0.3) is 0 Å². The molecule has 0 bridgehead atoms. The molecule has 0 unspecified atom stereocenters. The number of anilines is 1. The number of ether oxygens (including phenoxy) is 2. The Labute approximate surface area is 171 Å². The summed E-state index contributed by atoms with van der Waals surface area (Å²) in [6, 6.07) is 7.06. The third-order valence-electron chi connectivity index (χ3n) is 6.25. The summed E-state index contributed by atoms with van der Waals surface area (Å²) < 4.78 is 25.1. The standard InChI is InChI=1S/C21H31FN4O3/c22-18-3-1-2-4-19(18)24-6-8-26(9-7-24)21(27)23-15-20(17-5-12-29-16-17)25-10-13-28-14-11-25/h1-4,17,20H,5-16H2,(H,23,27)/t17-,20+/m0/s1. The smallest absolute Gasteiger partial charge is 0.317 e. The molecule has 3 aliphatic heterocycles. The number of benzene rings is 1. The third kappa shape index (κ3) is 4.99. The number of nitrogens with zero attached hydrogens (tertiary/aromatic N) is 3. The Morgan fingerprint density at radius 2 is 1.83 bits per heavy atom. The first kappa shape index (κ1) is 20.4. The van der Waals surface area contributed by atoms with Crippen LogP contribution >= 0.6 is 0 Å². The zero-order chi connectivity index (χ0) is 20.1. The zero-order valence-electron chi connectivity index (χ0n) is 16.9. The van der Waals surface area contributed by atoms with Gasteiger partial charge < -0.3 is 24.6 Å². The van der Waals surface area contributed by atoms with Gasteiger partial charge in [0.05, 0.1) is 25.5 Å². The molecule has 3 saturated heterocycles. The van der Waals surface area contributed by atoms with E-state index in [-0.39, 0.29) is 17.9 Å². The number of amides is 2. The highest BCUT2D eigenvalue weighted by Gasteiger charge is 2.32. The average molecular weight is 407 g/mol. The quantitative estimate of drug-likeness (QED) is 0.801. The van der Waals surface area contributed by atoms with Crippen LogP contribution in [0.2, 0.25) is 0 Å². The number of carbonyl (C=O) groups is 1. The fraction of sp³-hybridized carbons (Fsp3) is 0.667. The number of nitrogens with one attached hydrogen (secondary N) is 1. The van der Waals surface area contributed by atoms with Crippen LogP contribution in [0.3, 0.4) is 0 Å². The van der Waals surface area contributed by atoms with Crippen molar-refractivity contribution in [2.75, 3.05) is 77.1 Å². The summed E-state index contributed by atoms with van der Waals surface area (Å²) >= 11 is 0. The summed E-state index contributed by atoms with van der Waals surface area (Å²) in [5, 5.41) is 3.15. The van der Waals surface area contributed by atoms with Crippen LogP contribution < -0.4 is 10.2 Å². The highest BCUT2D eigenvalue weighted by atomic mass is 19.1. The van der Waals surface area contributed by atoms with Crippen LogP contribution in [-0.2, 0) is 9.47 Å². The number of urea groups is 1. The highest BCUT2D eigenvalue weighted by molar-refractivity contribution is 5.74. The van der Waals surface area contributed by atoms with Crippen molar-refractivity contribution in [3.8, 4) is 0 Å². The Bertz CT molecular complexity index is 672. The van der Waals surface area contributed by atoms with E-state index >= 15 is 0 Å². The van der Waals surface area contributed by atoms with Crippen LogP contribution in [0.5, 0.6) is 0 Å². The van der Waals surface area contributed by atoms with Crippen molar-refractivity contribution in [1.29, 1.82) is 0 Å². The molecule has 1 N–H and O–H groups in total. The van der Waals surface area contributed by atoms with Crippen LogP contribution in [0.1, 0.15) is 6.42 Å². The van der Waals surface area contributed by atoms with Gasteiger partial charge >= 0.3 is 6.03 Å². The van der Waals surface area contributed by atoms with E-state index in [9.17, 15) is 9.18 Å². The fourth-order valence-electron chi connectivity index (χ4n) is 4.52. The van der Waals surface area contributed by atoms with E-state index in [4.69, 9.17) is 9.47 Å². The molecule has 3 heterocycles. The lowest BCUT2D eigenvalue weighted by Gasteiger charge is -2.39. The number of hydrogen-bond acceptors (Lipinski definition) is 5. The molecule has 0 saturated carbocycles. The van der Waals surface area contributed by atoms with Crippen molar-refractivity contribution in [3.05, 3.63) is 30.1 Å². The predicted octanol–water partition coefficient (Wildman–Crippen LogP) is 1.39. The van der Waals surface area contributed by atoms with E-state index in [0.29, 0.717) is 44.3 Å². The second-order valence-electron chi connectivity index (χ2n) is 7.95. The molecule has 2 amide bonds. The highest BCUT2D eigenvalue weighted by Crippen LogP contribution is 2.22. The first-order valence-electron chi connectivity index (χ1n) is 10.6. The van der Waals surface area contributed by atoms with Gasteiger partial charge in [0.2, 0.25) is 0 Å². The summed E-state index contributed by atoms with van der Waals surface area (Å²) in [5.41, 5.74) is 0.612. The molecule has 1 aromatic rings. The third-order valence-corrected chi connectivity index (χ3v) is 6.25. The van der Waals surface area contributed by atoms with Crippen LogP contribution in [0.25, 0.3) is 0 Å². The molecule has 0 radical (unpaired) electrons. The van der Waals surface area contributed by atoms with Crippen molar-refractivity contribution in [2.24, 2.45) is 5.92 Å². The number of rotatable bonds is 5. The lowest BCUT2D eigenvalue weighted by Crippen LogP contribution is -2.56. The number of halogens is 1. The minimum Gasteiger partial charge on any atom is -0.381 e. The Kier molecular flexibility index (Phi) is 6.84. The van der Waals surface area contributed by atoms with E-state index in [2.05, 4.69) is 10.2 Å². The lowest BCUT2D eigenvalue weighted by atomic mass is 9.97. The van der Waals surface area contributed by atoms with Gasteiger partial charge in [-0.05, 0) is 18.6 Å². The van der Waals surface area contributed by atoms with Crippen LogP contribution in [0.4, 0.5) is 14.9 Å². The Hall–Kier alpha value is -1.90. The van der Waals surface area contributed by atoms with Crippen LogP contribution in [0.15, 0.2) is 24.3 Å². The summed E-state index contributed by atoms with van der Waals surface area (Å²) in [7, 11) is 0. The fourth-order valence-corrected chi connectivity index (χ4v) is 4.52. The molecule has 7 nitrogen and oxygen atoms in total. The molecule has 3 aliphatic rings. The van der Waals surface area contributed by atoms with Crippen molar-refractivity contribution in [3.63, 3.8) is 0 Å². The van der Waals surface area contributed by atoms with E-state index in [1.54, 1.807) is 12.1 Å². The minimum absolute atomic E-state index is 0.0321. The maximum atomic E-state index is 14.0. The minimum atomic E-state index is -0.211. The Balaban J connectivity index is 1.29. The molecule has 29 heavy (non-hydrogen) atoms. The summed E-state index contributed by atoms with van der Waals surface area (Å²) in [6.45, 7) is 7.94. The largest absolute Gasteiger partial charge is 0.381 e. The molecule has 1 aromatic carbocycles. The van der Waals surface area contributed by atoms with E-state index < -0.39 is 0 Å². The molecule has 160 valence electrons. The molecular weight excluding hydrogens is 375 g/mol. The monoisotopic (exact) mass is 406 g/mol. The number of piperazine rings is 1. The van der Waals surface area contributed by atoms with Gasteiger partial charge in [-0.15, -0.1) is 0 Å². The van der Waals surface area contributed by atoms with E-state index in [0.717, 1.165) is 45.9 Å². The Morgan fingerprint density at radius 1 is 1.07 bits per heavy atom. The summed E-state index contributed by atoms with van der Waals surface area (Å²) in [5.74, 6) is 0.240. The maximum absolute atomic E-state index is 14.0. The van der Waals surface area contributed by atoms with Gasteiger partial charge in [-0.1, -0.05) is 12.1 Å². The van der Waals surface area contributed by atoms with Gasteiger partial charge in [0.1, 0.15) is 5.82 Å². The summed E-state index contributed by atoms with van der Waals surface area (Å²) in [4.78, 5) is 19.0. The second kappa shape index (κ2) is 9.73. The molecule has 2 atom stereocenters. The maximum Gasteiger partial charge on any atom is 0.317 e. The number of hydrogen-bond donors (Lipinski definition) is 1. The average Bonchev–Trinajstić information content (AvgIpc) is 3.30.